The first-order valence-corrected chi connectivity index (χ1v) is 10.7. The zero-order valence-corrected chi connectivity index (χ0v) is 19.5. The van der Waals surface area contributed by atoms with Crippen LogP contribution in [0.2, 0.25) is 0 Å². The van der Waals surface area contributed by atoms with E-state index in [1.54, 1.807) is 6.07 Å². The van der Waals surface area contributed by atoms with Gasteiger partial charge in [0.1, 0.15) is 12.0 Å². The van der Waals surface area contributed by atoms with Crippen molar-refractivity contribution in [2.45, 2.75) is 40.0 Å². The second-order valence-electron chi connectivity index (χ2n) is 8.54. The third-order valence-corrected chi connectivity index (χ3v) is 5.61. The van der Waals surface area contributed by atoms with Crippen LogP contribution in [0.15, 0.2) is 36.4 Å². The molecule has 0 aliphatic carbocycles. The van der Waals surface area contributed by atoms with Crippen LogP contribution in [0.25, 0.3) is 11.1 Å². The zero-order chi connectivity index (χ0) is 23.0. The Morgan fingerprint density at radius 3 is 2.26 bits per heavy atom. The van der Waals surface area contributed by atoms with Crippen molar-refractivity contribution >= 4 is 29.3 Å². The van der Waals surface area contributed by atoms with Crippen LogP contribution in [-0.4, -0.2) is 33.4 Å². The van der Waals surface area contributed by atoms with Crippen molar-refractivity contribution in [2.24, 2.45) is 11.3 Å². The minimum absolute atomic E-state index is 0.258. The van der Waals surface area contributed by atoms with Gasteiger partial charge in [0.25, 0.3) is 0 Å². The highest BCUT2D eigenvalue weighted by Crippen LogP contribution is 2.39. The fraction of sp³-hybridized carbons (Fsp3) is 0.440. The molecule has 1 atom stereocenters. The maximum atomic E-state index is 12.9. The Morgan fingerprint density at radius 2 is 1.71 bits per heavy atom. The second-order valence-corrected chi connectivity index (χ2v) is 8.54. The molecular formula is C25H35N3O3. The molecule has 31 heavy (non-hydrogen) atoms. The average molecular weight is 426 g/mol. The first-order chi connectivity index (χ1) is 14.7. The molecule has 2 aromatic carbocycles. The first kappa shape index (κ1) is 24.3. The molecule has 6 heteroatoms. The van der Waals surface area contributed by atoms with Crippen molar-refractivity contribution in [2.75, 3.05) is 37.1 Å². The van der Waals surface area contributed by atoms with Crippen molar-refractivity contribution in [1.29, 1.82) is 0 Å². The van der Waals surface area contributed by atoms with E-state index in [2.05, 4.69) is 16.0 Å². The number of hydrogen-bond acceptors (Lipinski definition) is 6. The number of anilines is 3. The summed E-state index contributed by atoms with van der Waals surface area (Å²) in [4.78, 5) is 23.5. The molecule has 1 unspecified atom stereocenters. The van der Waals surface area contributed by atoms with Crippen molar-refractivity contribution < 1.29 is 14.3 Å². The van der Waals surface area contributed by atoms with Gasteiger partial charge in [-0.1, -0.05) is 19.1 Å². The van der Waals surface area contributed by atoms with E-state index in [-0.39, 0.29) is 11.9 Å². The zero-order valence-electron chi connectivity index (χ0n) is 19.5. The lowest BCUT2D eigenvalue weighted by Gasteiger charge is -2.24. The van der Waals surface area contributed by atoms with Crippen molar-refractivity contribution in [3.8, 4) is 16.9 Å². The van der Waals surface area contributed by atoms with Gasteiger partial charge in [0, 0.05) is 50.2 Å². The van der Waals surface area contributed by atoms with Gasteiger partial charge in [-0.2, -0.15) is 0 Å². The molecular weight excluding hydrogens is 390 g/mol. The van der Waals surface area contributed by atoms with E-state index >= 15 is 0 Å². The van der Waals surface area contributed by atoms with E-state index < -0.39 is 5.41 Å². The molecule has 0 radical (unpaired) electrons. The number of esters is 1. The van der Waals surface area contributed by atoms with E-state index in [1.165, 1.54) is 0 Å². The molecule has 0 aliphatic heterocycles. The minimum atomic E-state index is -0.631. The van der Waals surface area contributed by atoms with E-state index in [0.29, 0.717) is 18.6 Å². The van der Waals surface area contributed by atoms with Gasteiger partial charge in [0.05, 0.1) is 5.41 Å². The predicted molar refractivity (Wildman–Crippen MR) is 129 cm³/mol. The number of carbonyl (C=O) groups is 2. The molecule has 0 saturated carbocycles. The van der Waals surface area contributed by atoms with Crippen LogP contribution in [0.5, 0.6) is 5.75 Å². The van der Waals surface area contributed by atoms with Crippen molar-refractivity contribution in [3.63, 3.8) is 0 Å². The number of nitrogens with one attached hydrogen (secondary N) is 3. The van der Waals surface area contributed by atoms with Crippen LogP contribution < -0.4 is 20.7 Å². The summed E-state index contributed by atoms with van der Waals surface area (Å²) in [6, 6.07) is 11.7. The van der Waals surface area contributed by atoms with Crippen molar-refractivity contribution in [1.82, 2.24) is 0 Å². The van der Waals surface area contributed by atoms with Crippen LogP contribution in [0, 0.1) is 11.3 Å². The smallest absolute Gasteiger partial charge is 0.316 e. The SMILES string of the molecule is CNc1cc(NC)c(-c2cccc(OC(=O)C(C)(C)CCC(C)CC=O)c2)c(NC)c1. The molecule has 3 N–H and O–H groups in total. The number of benzene rings is 2. The van der Waals surface area contributed by atoms with Crippen molar-refractivity contribution in [3.05, 3.63) is 36.4 Å². The molecule has 0 fully saturated rings. The molecule has 0 aliphatic rings. The fourth-order valence-corrected chi connectivity index (χ4v) is 3.44. The summed E-state index contributed by atoms with van der Waals surface area (Å²) >= 11 is 0. The van der Waals surface area contributed by atoms with Gasteiger partial charge >= 0.3 is 5.97 Å². The Morgan fingerprint density at radius 1 is 1.06 bits per heavy atom. The van der Waals surface area contributed by atoms with Gasteiger partial charge in [0.15, 0.2) is 0 Å². The highest BCUT2D eigenvalue weighted by Gasteiger charge is 2.30. The lowest BCUT2D eigenvalue weighted by atomic mass is 9.84. The maximum absolute atomic E-state index is 12.9. The Bertz CT molecular complexity index is 884. The highest BCUT2D eigenvalue weighted by molar-refractivity contribution is 5.92. The number of carbonyl (C=O) groups excluding carboxylic acids is 2. The number of ether oxygens (including phenoxy) is 1. The van der Waals surface area contributed by atoms with Crippen LogP contribution >= 0.6 is 0 Å². The fourth-order valence-electron chi connectivity index (χ4n) is 3.44. The van der Waals surface area contributed by atoms with Gasteiger partial charge in [-0.3, -0.25) is 4.79 Å². The largest absolute Gasteiger partial charge is 0.426 e. The number of hydrogen-bond donors (Lipinski definition) is 3. The second kappa shape index (κ2) is 10.8. The molecule has 0 spiro atoms. The molecule has 0 amide bonds. The minimum Gasteiger partial charge on any atom is -0.426 e. The first-order valence-electron chi connectivity index (χ1n) is 10.7. The van der Waals surface area contributed by atoms with Gasteiger partial charge in [-0.05, 0) is 62.4 Å². The van der Waals surface area contributed by atoms with Crippen LogP contribution in [0.3, 0.4) is 0 Å². The van der Waals surface area contributed by atoms with Crippen LogP contribution in [0.4, 0.5) is 17.1 Å². The summed E-state index contributed by atoms with van der Waals surface area (Å²) in [5.74, 6) is 0.503. The summed E-state index contributed by atoms with van der Waals surface area (Å²) < 4.78 is 5.76. The van der Waals surface area contributed by atoms with Crippen LogP contribution in [0.1, 0.15) is 40.0 Å². The average Bonchev–Trinajstić information content (AvgIpc) is 2.77. The molecule has 2 rings (SSSR count). The Hall–Kier alpha value is -3.02. The van der Waals surface area contributed by atoms with E-state index in [4.69, 9.17) is 4.74 Å². The topological polar surface area (TPSA) is 79.5 Å². The molecule has 0 aromatic heterocycles. The summed E-state index contributed by atoms with van der Waals surface area (Å²) in [6.07, 6.45) is 2.92. The van der Waals surface area contributed by atoms with E-state index in [9.17, 15) is 9.59 Å². The monoisotopic (exact) mass is 425 g/mol. The Labute approximate surface area is 185 Å². The Balaban J connectivity index is 2.26. The molecule has 2 aromatic rings. The molecule has 0 bridgehead atoms. The number of aldehydes is 1. The summed E-state index contributed by atoms with van der Waals surface area (Å²) in [6.45, 7) is 5.81. The predicted octanol–water partition coefficient (Wildman–Crippen LogP) is 5.42. The maximum Gasteiger partial charge on any atom is 0.316 e. The van der Waals surface area contributed by atoms with E-state index in [0.717, 1.165) is 40.9 Å². The number of rotatable bonds is 11. The van der Waals surface area contributed by atoms with Crippen LogP contribution in [-0.2, 0) is 9.59 Å². The summed E-state index contributed by atoms with van der Waals surface area (Å²) in [7, 11) is 5.65. The lowest BCUT2D eigenvalue weighted by molar-refractivity contribution is -0.144. The van der Waals surface area contributed by atoms with Gasteiger partial charge in [0.2, 0.25) is 0 Å². The quantitative estimate of drug-likeness (QED) is 0.254. The third-order valence-electron chi connectivity index (χ3n) is 5.61. The molecule has 0 saturated heterocycles. The lowest BCUT2D eigenvalue weighted by Crippen LogP contribution is -2.29. The molecule has 168 valence electrons. The van der Waals surface area contributed by atoms with Gasteiger partial charge < -0.3 is 25.5 Å². The normalized spacial score (nSPS) is 12.1. The van der Waals surface area contributed by atoms with Gasteiger partial charge in [-0.25, -0.2) is 0 Å². The highest BCUT2D eigenvalue weighted by atomic mass is 16.5. The summed E-state index contributed by atoms with van der Waals surface area (Å²) in [5.41, 5.74) is 4.23. The third kappa shape index (κ3) is 6.23. The van der Waals surface area contributed by atoms with E-state index in [1.807, 2.05) is 72.2 Å². The van der Waals surface area contributed by atoms with Gasteiger partial charge in [-0.15, -0.1) is 0 Å². The Kier molecular flexibility index (Phi) is 8.48. The summed E-state index contributed by atoms with van der Waals surface area (Å²) in [5, 5.41) is 9.67. The molecule has 6 nitrogen and oxygen atoms in total. The standard InChI is InChI=1S/C25H35N3O3/c1-17(11-13-29)10-12-25(2,3)24(30)31-20-9-7-8-18(14-20)23-21(27-5)15-19(26-4)16-22(23)28-6/h7-9,13-17,26-28H,10-12H2,1-6H3. The molecule has 0 heterocycles.